The summed E-state index contributed by atoms with van der Waals surface area (Å²) in [5.41, 5.74) is 4.14. The molecule has 1 saturated heterocycles. The zero-order chi connectivity index (χ0) is 24.0. The Morgan fingerprint density at radius 2 is 1.26 bits per heavy atom. The van der Waals surface area contributed by atoms with Crippen LogP contribution in [-0.2, 0) is 4.79 Å². The molecule has 4 aromatic rings. The molecule has 4 aromatic carbocycles. The summed E-state index contributed by atoms with van der Waals surface area (Å²) in [6, 6.07) is 37.1. The topological polar surface area (TPSA) is 49.4 Å². The molecule has 2 amide bonds. The van der Waals surface area contributed by atoms with Crippen LogP contribution in [0.4, 0.5) is 5.69 Å². The van der Waals surface area contributed by atoms with E-state index in [9.17, 15) is 9.59 Å². The number of carbonyl (C=O) groups is 2. The third-order valence-corrected chi connectivity index (χ3v) is 6.69. The maximum atomic E-state index is 13.6. The first-order chi connectivity index (χ1) is 17.2. The number of hydrogen-bond acceptors (Lipinski definition) is 2. The Hall–Kier alpha value is -4.18. The van der Waals surface area contributed by atoms with Crippen LogP contribution in [0.1, 0.15) is 45.3 Å². The molecule has 4 heteroatoms. The molecule has 0 radical (unpaired) electrons. The fourth-order valence-corrected chi connectivity index (χ4v) is 4.88. The summed E-state index contributed by atoms with van der Waals surface area (Å²) in [7, 11) is 0. The molecule has 1 aliphatic heterocycles. The lowest BCUT2D eigenvalue weighted by atomic mass is 9.90. The monoisotopic (exact) mass is 460 g/mol. The van der Waals surface area contributed by atoms with Crippen molar-refractivity contribution in [2.75, 3.05) is 18.4 Å². The van der Waals surface area contributed by atoms with E-state index in [0.29, 0.717) is 30.3 Å². The van der Waals surface area contributed by atoms with Crippen LogP contribution in [0.15, 0.2) is 115 Å². The highest BCUT2D eigenvalue weighted by Gasteiger charge is 2.30. The van der Waals surface area contributed by atoms with Gasteiger partial charge in [-0.2, -0.15) is 0 Å². The molecule has 0 spiro atoms. The maximum Gasteiger partial charge on any atom is 0.255 e. The molecule has 0 aliphatic carbocycles. The lowest BCUT2D eigenvalue weighted by molar-refractivity contribution is -0.116. The SMILES string of the molecule is O=C(Nc1ccccc1C(=O)N1CCC(c2ccccc2)C1)C(c1ccccc1)c1ccccc1. The molecule has 1 N–H and O–H groups in total. The lowest BCUT2D eigenvalue weighted by Crippen LogP contribution is -2.30. The van der Waals surface area contributed by atoms with Gasteiger partial charge < -0.3 is 10.2 Å². The fourth-order valence-electron chi connectivity index (χ4n) is 4.88. The Morgan fingerprint density at radius 3 is 1.89 bits per heavy atom. The largest absolute Gasteiger partial charge is 0.338 e. The van der Waals surface area contributed by atoms with Gasteiger partial charge in [0, 0.05) is 19.0 Å². The second-order valence-corrected chi connectivity index (χ2v) is 8.94. The molecular formula is C31H28N2O2. The first kappa shape index (κ1) is 22.6. The van der Waals surface area contributed by atoms with E-state index in [4.69, 9.17) is 0 Å². The summed E-state index contributed by atoms with van der Waals surface area (Å²) < 4.78 is 0. The molecule has 0 saturated carbocycles. The molecule has 1 fully saturated rings. The number of nitrogens with one attached hydrogen (secondary N) is 1. The molecule has 1 aliphatic rings. The van der Waals surface area contributed by atoms with Gasteiger partial charge in [0.05, 0.1) is 17.2 Å². The van der Waals surface area contributed by atoms with Crippen molar-refractivity contribution >= 4 is 17.5 Å². The van der Waals surface area contributed by atoms with Crippen LogP contribution in [0.25, 0.3) is 0 Å². The van der Waals surface area contributed by atoms with Crippen LogP contribution < -0.4 is 5.32 Å². The van der Waals surface area contributed by atoms with Crippen molar-refractivity contribution in [3.8, 4) is 0 Å². The van der Waals surface area contributed by atoms with Gasteiger partial charge >= 0.3 is 0 Å². The Balaban J connectivity index is 1.38. The van der Waals surface area contributed by atoms with Crippen LogP contribution in [0.5, 0.6) is 0 Å². The van der Waals surface area contributed by atoms with Gasteiger partial charge in [-0.15, -0.1) is 0 Å². The maximum absolute atomic E-state index is 13.6. The highest BCUT2D eigenvalue weighted by molar-refractivity contribution is 6.06. The first-order valence-electron chi connectivity index (χ1n) is 12.0. The normalized spacial score (nSPS) is 15.2. The van der Waals surface area contributed by atoms with Crippen molar-refractivity contribution in [2.24, 2.45) is 0 Å². The zero-order valence-corrected chi connectivity index (χ0v) is 19.5. The van der Waals surface area contributed by atoms with Crippen molar-refractivity contribution in [1.29, 1.82) is 0 Å². The molecule has 0 bridgehead atoms. The van der Waals surface area contributed by atoms with E-state index in [0.717, 1.165) is 17.5 Å². The molecule has 174 valence electrons. The Morgan fingerprint density at radius 1 is 0.714 bits per heavy atom. The molecule has 4 nitrogen and oxygen atoms in total. The third kappa shape index (κ3) is 5.02. The van der Waals surface area contributed by atoms with Gasteiger partial charge in [-0.3, -0.25) is 9.59 Å². The standard InChI is InChI=1S/C31H28N2O2/c34-30(29(24-14-6-2-7-15-24)25-16-8-3-9-17-25)32-28-19-11-10-18-27(28)31(35)33-21-20-26(22-33)23-12-4-1-5-13-23/h1-19,26,29H,20-22H2,(H,32,34). The summed E-state index contributed by atoms with van der Waals surface area (Å²) in [5.74, 6) is -0.348. The second-order valence-electron chi connectivity index (χ2n) is 8.94. The number of benzene rings is 4. The second kappa shape index (κ2) is 10.4. The first-order valence-corrected chi connectivity index (χ1v) is 12.0. The smallest absolute Gasteiger partial charge is 0.255 e. The van der Waals surface area contributed by atoms with Crippen LogP contribution >= 0.6 is 0 Å². The van der Waals surface area contributed by atoms with Crippen LogP contribution in [0.3, 0.4) is 0 Å². The van der Waals surface area contributed by atoms with Gasteiger partial charge in [-0.1, -0.05) is 103 Å². The molecular weight excluding hydrogens is 432 g/mol. The summed E-state index contributed by atoms with van der Waals surface area (Å²) in [5, 5.41) is 3.07. The number of hydrogen-bond donors (Lipinski definition) is 1. The van der Waals surface area contributed by atoms with Crippen molar-refractivity contribution in [3.63, 3.8) is 0 Å². The van der Waals surface area contributed by atoms with E-state index in [2.05, 4.69) is 17.4 Å². The van der Waals surface area contributed by atoms with Crippen LogP contribution in [0.2, 0.25) is 0 Å². The Kier molecular flexibility index (Phi) is 6.71. The Bertz CT molecular complexity index is 1250. The Labute approximate surface area is 206 Å². The van der Waals surface area contributed by atoms with Gasteiger partial charge in [0.25, 0.3) is 5.91 Å². The fraction of sp³-hybridized carbons (Fsp3) is 0.161. The summed E-state index contributed by atoms with van der Waals surface area (Å²) in [6.07, 6.45) is 0.939. The number of nitrogens with zero attached hydrogens (tertiary/aromatic N) is 1. The van der Waals surface area contributed by atoms with Crippen LogP contribution in [-0.4, -0.2) is 29.8 Å². The summed E-state index contributed by atoms with van der Waals surface area (Å²) in [6.45, 7) is 1.39. The quantitative estimate of drug-likeness (QED) is 0.379. The van der Waals surface area contributed by atoms with E-state index in [-0.39, 0.29) is 11.8 Å². The number of para-hydroxylation sites is 1. The predicted octanol–water partition coefficient (Wildman–Crippen LogP) is 6.09. The summed E-state index contributed by atoms with van der Waals surface area (Å²) in [4.78, 5) is 29.0. The average Bonchev–Trinajstić information content (AvgIpc) is 3.41. The molecule has 35 heavy (non-hydrogen) atoms. The van der Waals surface area contributed by atoms with Gasteiger partial charge in [-0.05, 0) is 35.2 Å². The van der Waals surface area contributed by atoms with Crippen molar-refractivity contribution in [3.05, 3.63) is 138 Å². The number of carbonyl (C=O) groups excluding carboxylic acids is 2. The molecule has 5 rings (SSSR count). The van der Waals surface area contributed by atoms with Gasteiger partial charge in [0.1, 0.15) is 0 Å². The third-order valence-electron chi connectivity index (χ3n) is 6.69. The molecule has 1 unspecified atom stereocenters. The molecule has 1 heterocycles. The van der Waals surface area contributed by atoms with E-state index < -0.39 is 5.92 Å². The van der Waals surface area contributed by atoms with Crippen molar-refractivity contribution in [2.45, 2.75) is 18.3 Å². The van der Waals surface area contributed by atoms with Crippen molar-refractivity contribution in [1.82, 2.24) is 4.90 Å². The number of rotatable bonds is 6. The predicted molar refractivity (Wildman–Crippen MR) is 140 cm³/mol. The molecule has 1 atom stereocenters. The number of likely N-dealkylation sites (tertiary alicyclic amines) is 1. The van der Waals surface area contributed by atoms with Crippen LogP contribution in [0, 0.1) is 0 Å². The average molecular weight is 461 g/mol. The van der Waals surface area contributed by atoms with E-state index in [1.54, 1.807) is 6.07 Å². The minimum Gasteiger partial charge on any atom is -0.338 e. The van der Waals surface area contributed by atoms with Crippen molar-refractivity contribution < 1.29 is 9.59 Å². The highest BCUT2D eigenvalue weighted by Crippen LogP contribution is 2.31. The number of anilines is 1. The van der Waals surface area contributed by atoms with E-state index in [1.807, 2.05) is 102 Å². The minimum atomic E-state index is -0.477. The van der Waals surface area contributed by atoms with E-state index in [1.165, 1.54) is 5.56 Å². The molecule has 0 aromatic heterocycles. The van der Waals surface area contributed by atoms with E-state index >= 15 is 0 Å². The zero-order valence-electron chi connectivity index (χ0n) is 19.5. The number of amides is 2. The lowest BCUT2D eigenvalue weighted by Gasteiger charge is -2.21. The van der Waals surface area contributed by atoms with Gasteiger partial charge in [-0.25, -0.2) is 0 Å². The van der Waals surface area contributed by atoms with Gasteiger partial charge in [0.15, 0.2) is 0 Å². The van der Waals surface area contributed by atoms with Gasteiger partial charge in [0.2, 0.25) is 5.91 Å². The summed E-state index contributed by atoms with van der Waals surface area (Å²) >= 11 is 0. The minimum absolute atomic E-state index is 0.0460. The highest BCUT2D eigenvalue weighted by atomic mass is 16.2.